The third-order valence-corrected chi connectivity index (χ3v) is 12.7. The summed E-state index contributed by atoms with van der Waals surface area (Å²) in [4.78, 5) is 143. The van der Waals surface area contributed by atoms with Crippen molar-refractivity contribution in [3.05, 3.63) is 83.9 Å². The summed E-state index contributed by atoms with van der Waals surface area (Å²) in [5.41, 5.74) is 18.2. The molecule has 3 aromatic rings. The van der Waals surface area contributed by atoms with Crippen LogP contribution >= 0.6 is 0 Å². The number of amides is 7. The van der Waals surface area contributed by atoms with Gasteiger partial charge >= 0.3 is 11.9 Å². The minimum absolute atomic E-state index is 0.00211. The van der Waals surface area contributed by atoms with Crippen LogP contribution in [-0.2, 0) is 67.2 Å². The van der Waals surface area contributed by atoms with E-state index in [0.717, 1.165) is 6.92 Å². The average molecular weight is 1110 g/mol. The van der Waals surface area contributed by atoms with Gasteiger partial charge < -0.3 is 79.4 Å². The number of aliphatic imine (C=N–C) groups is 1. The summed E-state index contributed by atoms with van der Waals surface area (Å²) in [6, 6.07) is 3.95. The number of hydrogen-bond donors (Lipinski definition) is 14. The van der Waals surface area contributed by atoms with Gasteiger partial charge in [-0.3, -0.25) is 48.1 Å². The van der Waals surface area contributed by atoms with E-state index in [2.05, 4.69) is 46.9 Å². The Morgan fingerprint density at radius 2 is 1.30 bits per heavy atom. The average Bonchev–Trinajstić information content (AvgIpc) is 4.11. The van der Waals surface area contributed by atoms with Crippen molar-refractivity contribution in [2.45, 2.75) is 141 Å². The van der Waals surface area contributed by atoms with Crippen LogP contribution in [0.2, 0.25) is 0 Å². The first kappa shape index (κ1) is 64.7. The Labute approximate surface area is 456 Å². The summed E-state index contributed by atoms with van der Waals surface area (Å²) < 4.78 is 0. The molecule has 79 heavy (non-hydrogen) atoms. The molecule has 9 atom stereocenters. The molecule has 1 aromatic heterocycles. The number of phenolic OH excluding ortho intramolecular Hbond substituents is 1. The first-order chi connectivity index (χ1) is 37.3. The van der Waals surface area contributed by atoms with Crippen LogP contribution in [0.25, 0.3) is 0 Å². The van der Waals surface area contributed by atoms with E-state index in [1.807, 2.05) is 0 Å². The first-order valence-electron chi connectivity index (χ1n) is 25.7. The van der Waals surface area contributed by atoms with Gasteiger partial charge in [0.2, 0.25) is 41.4 Å². The van der Waals surface area contributed by atoms with Gasteiger partial charge in [-0.2, -0.15) is 0 Å². The van der Waals surface area contributed by atoms with E-state index in [-0.39, 0.29) is 63.3 Å². The maximum atomic E-state index is 14.6. The summed E-state index contributed by atoms with van der Waals surface area (Å²) >= 11 is 0. The second-order valence-corrected chi connectivity index (χ2v) is 19.4. The molecule has 0 bridgehead atoms. The maximum Gasteiger partial charge on any atom is 0.326 e. The molecular formula is C52H75N13O14. The van der Waals surface area contributed by atoms with E-state index < -0.39 is 126 Å². The minimum atomic E-state index is -1.51. The van der Waals surface area contributed by atoms with Crippen LogP contribution in [0.4, 0.5) is 0 Å². The van der Waals surface area contributed by atoms with Crippen LogP contribution in [0, 0.1) is 11.8 Å². The molecule has 0 spiro atoms. The quantitative estimate of drug-likeness (QED) is 0.0220. The van der Waals surface area contributed by atoms with Crippen LogP contribution in [0.1, 0.15) is 90.0 Å². The van der Waals surface area contributed by atoms with Crippen LogP contribution in [-0.4, -0.2) is 162 Å². The van der Waals surface area contributed by atoms with Crippen LogP contribution in [0.15, 0.2) is 72.1 Å². The summed E-state index contributed by atoms with van der Waals surface area (Å²) in [6.07, 6.45) is 2.92. The molecular weight excluding hydrogens is 1030 g/mol. The number of phenols is 1. The van der Waals surface area contributed by atoms with Gasteiger partial charge in [0.1, 0.15) is 48.0 Å². The number of imidazole rings is 1. The lowest BCUT2D eigenvalue weighted by atomic mass is 9.96. The lowest BCUT2D eigenvalue weighted by Crippen LogP contribution is -2.62. The lowest BCUT2D eigenvalue weighted by molar-refractivity contribution is -0.145. The zero-order chi connectivity index (χ0) is 58.9. The van der Waals surface area contributed by atoms with Crippen molar-refractivity contribution in [3.63, 3.8) is 0 Å². The van der Waals surface area contributed by atoms with Crippen LogP contribution in [0.5, 0.6) is 5.75 Å². The Balaban J connectivity index is 0.00000396. The number of aromatic hydroxyl groups is 1. The van der Waals surface area contributed by atoms with Gasteiger partial charge in [0.05, 0.1) is 18.8 Å². The van der Waals surface area contributed by atoms with Gasteiger partial charge in [0.15, 0.2) is 5.96 Å². The van der Waals surface area contributed by atoms with Crippen molar-refractivity contribution < 1.29 is 68.4 Å². The highest BCUT2D eigenvalue weighted by atomic mass is 16.4. The number of likely N-dealkylation sites (tertiary alicyclic amines) is 1. The largest absolute Gasteiger partial charge is 0.508 e. The Bertz CT molecular complexity index is 2560. The van der Waals surface area contributed by atoms with Gasteiger partial charge in [-0.1, -0.05) is 76.6 Å². The van der Waals surface area contributed by atoms with Gasteiger partial charge in [0, 0.05) is 51.2 Å². The van der Waals surface area contributed by atoms with Crippen molar-refractivity contribution in [1.82, 2.24) is 46.8 Å². The molecule has 4 rings (SSSR count). The number of aromatic amines is 1. The third-order valence-electron chi connectivity index (χ3n) is 12.7. The number of nitrogens with two attached hydrogens (primary N) is 3. The van der Waals surface area contributed by atoms with Gasteiger partial charge in [-0.25, -0.2) is 9.78 Å². The Hall–Kier alpha value is -8.62. The molecule has 2 aromatic carbocycles. The Morgan fingerprint density at radius 1 is 0.734 bits per heavy atom. The van der Waals surface area contributed by atoms with E-state index in [0.29, 0.717) is 29.7 Å². The van der Waals surface area contributed by atoms with Crippen molar-refractivity contribution >= 4 is 65.2 Å². The second-order valence-electron chi connectivity index (χ2n) is 19.4. The molecule has 0 radical (unpaired) electrons. The molecule has 0 unspecified atom stereocenters. The third kappa shape index (κ3) is 22.1. The lowest BCUT2D eigenvalue weighted by Gasteiger charge is -2.32. The summed E-state index contributed by atoms with van der Waals surface area (Å²) in [7, 11) is 0. The number of benzene rings is 2. The fraction of sp³-hybridized carbons (Fsp3) is 0.500. The summed E-state index contributed by atoms with van der Waals surface area (Å²) in [5.74, 6) is -10.5. The van der Waals surface area contributed by atoms with Gasteiger partial charge in [-0.15, -0.1) is 0 Å². The number of guanidine groups is 1. The highest BCUT2D eigenvalue weighted by molar-refractivity contribution is 5.98. The highest BCUT2D eigenvalue weighted by Gasteiger charge is 2.41. The minimum Gasteiger partial charge on any atom is -0.508 e. The molecule has 7 amide bonds. The standard InChI is InChI=1S/C50H71N13O12.C2H4O2/c1-5-28(4)41(47(72)59-36(23-31-25-54-26-56-31)48(73)63-20-10-14-38(63)45(70)60-37(49(74)75)22-29-11-7-6-8-12-29)62-44(69)35(21-30-15-17-32(64)18-16-30)58-46(71)40(27(2)3)61-43(68)34(13-9-19-55-50(52)53)57-42(67)33(51)24-39(65)66;1-2(3)4/h6-8,11-12,15-18,25-28,33-38,40-41,64H,5,9-10,13-14,19-24,51H2,1-4H3,(H,54,56)(H,57,67)(H,58,71)(H,59,72)(H,60,70)(H,61,68)(H,62,69)(H,65,66)(H,74,75)(H4,52,53,55);1H3,(H,3,4)/t28-,33-,34-,35-,36+,37+,38-,40-,41+;/m1./s1. The number of aromatic nitrogens is 2. The Morgan fingerprint density at radius 3 is 1.87 bits per heavy atom. The van der Waals surface area contributed by atoms with Crippen LogP contribution in [0.3, 0.4) is 0 Å². The van der Waals surface area contributed by atoms with E-state index in [9.17, 15) is 58.5 Å². The molecule has 2 heterocycles. The molecule has 1 fully saturated rings. The molecule has 0 aliphatic carbocycles. The number of aliphatic carboxylic acids is 3. The second kappa shape index (κ2) is 32.2. The summed E-state index contributed by atoms with van der Waals surface area (Å²) in [5, 5.41) is 52.5. The number of carbonyl (C=O) groups excluding carboxylic acids is 7. The van der Waals surface area contributed by atoms with Gasteiger partial charge in [-0.05, 0) is 60.8 Å². The van der Waals surface area contributed by atoms with Crippen molar-refractivity contribution in [3.8, 4) is 5.75 Å². The molecule has 432 valence electrons. The number of carboxylic acids is 3. The fourth-order valence-corrected chi connectivity index (χ4v) is 8.31. The van der Waals surface area contributed by atoms with Crippen molar-refractivity contribution in [2.24, 2.45) is 34.0 Å². The zero-order valence-electron chi connectivity index (χ0n) is 44.8. The molecule has 1 aliphatic rings. The monoisotopic (exact) mass is 1110 g/mol. The van der Waals surface area contributed by atoms with Crippen molar-refractivity contribution in [2.75, 3.05) is 13.1 Å². The van der Waals surface area contributed by atoms with Crippen molar-refractivity contribution in [1.29, 1.82) is 0 Å². The molecule has 1 aliphatic heterocycles. The predicted octanol–water partition coefficient (Wildman–Crippen LogP) is -1.22. The SMILES string of the molecule is CC(=O)O.CC[C@@H](C)[C@H](NC(=O)[C@@H](Cc1ccc(O)cc1)NC(=O)[C@H](NC(=O)[C@@H](CCCN=C(N)N)NC(=O)[C@H](N)CC(=O)O)C(C)C)C(=O)N[C@@H](Cc1cnc[nH]1)C(=O)N1CCC[C@@H]1C(=O)N[C@@H](Cc1ccccc1)C(=O)O. The zero-order valence-corrected chi connectivity index (χ0v) is 44.8. The number of carbonyl (C=O) groups is 10. The molecule has 27 nitrogen and oxygen atoms in total. The maximum absolute atomic E-state index is 14.6. The first-order valence-corrected chi connectivity index (χ1v) is 25.7. The van der Waals surface area contributed by atoms with E-state index in [1.165, 1.54) is 41.7 Å². The smallest absolute Gasteiger partial charge is 0.326 e. The molecule has 17 N–H and O–H groups in total. The highest BCUT2D eigenvalue weighted by Crippen LogP contribution is 2.21. The number of nitrogens with zero attached hydrogens (tertiary/aromatic N) is 3. The molecule has 1 saturated heterocycles. The number of nitrogens with one attached hydrogen (secondary N) is 7. The predicted molar refractivity (Wildman–Crippen MR) is 286 cm³/mol. The summed E-state index contributed by atoms with van der Waals surface area (Å²) in [6.45, 7) is 7.99. The topological polar surface area (TPSA) is 446 Å². The normalized spacial score (nSPS) is 15.8. The Kier molecular flexibility index (Phi) is 26.4. The molecule has 0 saturated carbocycles. The van der Waals surface area contributed by atoms with Gasteiger partial charge in [0.25, 0.3) is 5.97 Å². The number of carboxylic acid groups (broad SMARTS) is 3. The number of rotatable bonds is 29. The number of H-pyrrole nitrogens is 1. The van der Waals surface area contributed by atoms with E-state index >= 15 is 0 Å². The van der Waals surface area contributed by atoms with E-state index in [1.54, 1.807) is 58.0 Å². The van der Waals surface area contributed by atoms with E-state index in [4.69, 9.17) is 27.1 Å². The molecule has 27 heteroatoms. The number of hydrogen-bond acceptors (Lipinski definition) is 14. The van der Waals surface area contributed by atoms with Crippen LogP contribution < -0.4 is 49.1 Å². The fourth-order valence-electron chi connectivity index (χ4n) is 8.31.